The lowest BCUT2D eigenvalue weighted by Crippen LogP contribution is -2.36. The van der Waals surface area contributed by atoms with E-state index in [2.05, 4.69) is 16.8 Å². The predicted octanol–water partition coefficient (Wildman–Crippen LogP) is 2.97. The standard InChI is InChI=1S/C14H22N2O3S/c1-4-9(2)11-12(13(17)18)20-14(15-11)16(3)10-5-7-19-8-6-10/h9-10H,4-8H2,1-3H3,(H,17,18). The van der Waals surface area contributed by atoms with Gasteiger partial charge in [-0.15, -0.1) is 0 Å². The second kappa shape index (κ2) is 6.54. The summed E-state index contributed by atoms with van der Waals surface area (Å²) < 4.78 is 5.37. The number of carbonyl (C=O) groups is 1. The third-order valence-electron chi connectivity index (χ3n) is 3.96. The number of aromatic carboxylic acids is 1. The lowest BCUT2D eigenvalue weighted by atomic mass is 10.0. The van der Waals surface area contributed by atoms with Crippen molar-refractivity contribution in [1.82, 2.24) is 4.98 Å². The molecule has 1 saturated heterocycles. The summed E-state index contributed by atoms with van der Waals surface area (Å²) in [5.74, 6) is -0.696. The third kappa shape index (κ3) is 3.12. The van der Waals surface area contributed by atoms with E-state index in [1.54, 1.807) is 0 Å². The van der Waals surface area contributed by atoms with E-state index in [0.29, 0.717) is 10.9 Å². The van der Waals surface area contributed by atoms with Crippen molar-refractivity contribution in [2.45, 2.75) is 45.1 Å². The van der Waals surface area contributed by atoms with Gasteiger partial charge in [-0.05, 0) is 25.2 Å². The van der Waals surface area contributed by atoms with Gasteiger partial charge >= 0.3 is 5.97 Å². The maximum absolute atomic E-state index is 11.4. The average molecular weight is 298 g/mol. The second-order valence-electron chi connectivity index (χ2n) is 5.28. The number of aromatic nitrogens is 1. The normalized spacial score (nSPS) is 17.9. The van der Waals surface area contributed by atoms with Crippen LogP contribution in [0.5, 0.6) is 0 Å². The first-order chi connectivity index (χ1) is 9.54. The molecule has 0 radical (unpaired) electrons. The number of hydrogen-bond acceptors (Lipinski definition) is 5. The number of anilines is 1. The summed E-state index contributed by atoms with van der Waals surface area (Å²) in [7, 11) is 2.00. The van der Waals surface area contributed by atoms with Gasteiger partial charge in [-0.1, -0.05) is 25.2 Å². The van der Waals surface area contributed by atoms with Gasteiger partial charge in [0.05, 0.1) is 5.69 Å². The fourth-order valence-corrected chi connectivity index (χ4v) is 3.44. The van der Waals surface area contributed by atoms with Crippen LogP contribution in [0.2, 0.25) is 0 Å². The molecule has 0 aliphatic carbocycles. The molecule has 2 rings (SSSR count). The summed E-state index contributed by atoms with van der Waals surface area (Å²) in [5, 5.41) is 10.2. The van der Waals surface area contributed by atoms with Gasteiger partial charge < -0.3 is 14.7 Å². The first kappa shape index (κ1) is 15.3. The number of hydrogen-bond donors (Lipinski definition) is 1. The highest BCUT2D eigenvalue weighted by Crippen LogP contribution is 2.33. The first-order valence-corrected chi connectivity index (χ1v) is 7.90. The minimum absolute atomic E-state index is 0.175. The van der Waals surface area contributed by atoms with Crippen molar-refractivity contribution in [1.29, 1.82) is 0 Å². The Kier molecular flexibility index (Phi) is 4.99. The topological polar surface area (TPSA) is 62.7 Å². The Labute approximate surface area is 123 Å². The van der Waals surface area contributed by atoms with Crippen molar-refractivity contribution >= 4 is 22.4 Å². The van der Waals surface area contributed by atoms with Crippen LogP contribution in [0.4, 0.5) is 5.13 Å². The average Bonchev–Trinajstić information content (AvgIpc) is 2.92. The lowest BCUT2D eigenvalue weighted by Gasteiger charge is -2.30. The fraction of sp³-hybridized carbons (Fsp3) is 0.714. The zero-order valence-electron chi connectivity index (χ0n) is 12.3. The Bertz CT molecular complexity index is 469. The summed E-state index contributed by atoms with van der Waals surface area (Å²) in [6, 6.07) is 0.390. The van der Waals surface area contributed by atoms with Gasteiger partial charge in [0.25, 0.3) is 0 Å². The molecular formula is C14H22N2O3S. The Hall–Kier alpha value is -1.14. The zero-order chi connectivity index (χ0) is 14.7. The van der Waals surface area contributed by atoms with Crippen LogP contribution in [0.1, 0.15) is 54.4 Å². The number of nitrogens with zero attached hydrogens (tertiary/aromatic N) is 2. The van der Waals surface area contributed by atoms with Crippen molar-refractivity contribution in [2.75, 3.05) is 25.2 Å². The summed E-state index contributed by atoms with van der Waals surface area (Å²) >= 11 is 1.29. The minimum Gasteiger partial charge on any atom is -0.477 e. The number of rotatable bonds is 5. The van der Waals surface area contributed by atoms with Crippen LogP contribution in [-0.2, 0) is 4.74 Å². The molecule has 1 aliphatic heterocycles. The number of thiazole rings is 1. The molecule has 0 spiro atoms. The molecule has 0 aromatic carbocycles. The van der Waals surface area contributed by atoms with Gasteiger partial charge in [-0.25, -0.2) is 9.78 Å². The quantitative estimate of drug-likeness (QED) is 0.905. The Morgan fingerprint density at radius 3 is 2.75 bits per heavy atom. The van der Waals surface area contributed by atoms with Crippen LogP contribution in [0.25, 0.3) is 0 Å². The molecule has 0 amide bonds. The van der Waals surface area contributed by atoms with E-state index in [9.17, 15) is 9.90 Å². The molecule has 0 saturated carbocycles. The van der Waals surface area contributed by atoms with Crippen molar-refractivity contribution < 1.29 is 14.6 Å². The molecule has 20 heavy (non-hydrogen) atoms. The molecular weight excluding hydrogens is 276 g/mol. The van der Waals surface area contributed by atoms with Crippen molar-refractivity contribution in [3.05, 3.63) is 10.6 Å². The van der Waals surface area contributed by atoms with Crippen molar-refractivity contribution in [2.24, 2.45) is 0 Å². The van der Waals surface area contributed by atoms with E-state index >= 15 is 0 Å². The van der Waals surface area contributed by atoms with Crippen LogP contribution in [0.15, 0.2) is 0 Å². The highest BCUT2D eigenvalue weighted by molar-refractivity contribution is 7.17. The summed E-state index contributed by atoms with van der Waals surface area (Å²) in [6.45, 7) is 5.62. The van der Waals surface area contributed by atoms with Crippen LogP contribution < -0.4 is 4.90 Å². The van der Waals surface area contributed by atoms with E-state index in [4.69, 9.17) is 4.74 Å². The molecule has 2 heterocycles. The molecule has 0 bridgehead atoms. The monoisotopic (exact) mass is 298 g/mol. The van der Waals surface area contributed by atoms with Crippen LogP contribution in [-0.4, -0.2) is 42.4 Å². The third-order valence-corrected chi connectivity index (χ3v) is 5.11. The van der Waals surface area contributed by atoms with Crippen LogP contribution in [0, 0.1) is 0 Å². The molecule has 1 fully saturated rings. The van der Waals surface area contributed by atoms with E-state index in [0.717, 1.165) is 43.3 Å². The van der Waals surface area contributed by atoms with Gasteiger partial charge in [0.15, 0.2) is 5.13 Å². The van der Waals surface area contributed by atoms with Gasteiger partial charge in [0.2, 0.25) is 0 Å². The number of carboxylic acids is 1. The molecule has 1 aliphatic rings. The van der Waals surface area contributed by atoms with E-state index in [1.807, 2.05) is 14.0 Å². The van der Waals surface area contributed by atoms with Crippen molar-refractivity contribution in [3.63, 3.8) is 0 Å². The van der Waals surface area contributed by atoms with Crippen molar-refractivity contribution in [3.8, 4) is 0 Å². The number of ether oxygens (including phenoxy) is 1. The maximum Gasteiger partial charge on any atom is 0.347 e. The minimum atomic E-state index is -0.871. The first-order valence-electron chi connectivity index (χ1n) is 7.09. The molecule has 1 aromatic rings. The fourth-order valence-electron chi connectivity index (χ4n) is 2.38. The summed E-state index contributed by atoms with van der Waals surface area (Å²) in [5.41, 5.74) is 0.721. The molecule has 5 nitrogen and oxygen atoms in total. The smallest absolute Gasteiger partial charge is 0.347 e. The van der Waals surface area contributed by atoms with Gasteiger partial charge in [-0.2, -0.15) is 0 Å². The van der Waals surface area contributed by atoms with Gasteiger partial charge in [0, 0.05) is 26.3 Å². The van der Waals surface area contributed by atoms with E-state index in [1.165, 1.54) is 11.3 Å². The highest BCUT2D eigenvalue weighted by atomic mass is 32.1. The Balaban J connectivity index is 2.25. The second-order valence-corrected chi connectivity index (χ2v) is 6.26. The molecule has 1 aromatic heterocycles. The number of carboxylic acid groups (broad SMARTS) is 1. The molecule has 1 N–H and O–H groups in total. The summed E-state index contributed by atoms with van der Waals surface area (Å²) in [4.78, 5) is 18.5. The predicted molar refractivity (Wildman–Crippen MR) is 80.0 cm³/mol. The van der Waals surface area contributed by atoms with Crippen LogP contribution in [0.3, 0.4) is 0 Å². The Morgan fingerprint density at radius 2 is 2.20 bits per heavy atom. The van der Waals surface area contributed by atoms with E-state index < -0.39 is 5.97 Å². The molecule has 1 unspecified atom stereocenters. The molecule has 1 atom stereocenters. The lowest BCUT2D eigenvalue weighted by molar-refractivity contribution is 0.0700. The molecule has 6 heteroatoms. The maximum atomic E-state index is 11.4. The largest absolute Gasteiger partial charge is 0.477 e. The van der Waals surface area contributed by atoms with Crippen LogP contribution >= 0.6 is 11.3 Å². The zero-order valence-corrected chi connectivity index (χ0v) is 13.1. The Morgan fingerprint density at radius 1 is 1.55 bits per heavy atom. The van der Waals surface area contributed by atoms with Gasteiger partial charge in [-0.3, -0.25) is 0 Å². The molecule has 112 valence electrons. The summed E-state index contributed by atoms with van der Waals surface area (Å²) in [6.07, 6.45) is 2.83. The van der Waals surface area contributed by atoms with Gasteiger partial charge in [0.1, 0.15) is 4.88 Å². The van der Waals surface area contributed by atoms with E-state index in [-0.39, 0.29) is 5.92 Å². The highest BCUT2D eigenvalue weighted by Gasteiger charge is 2.26. The SMILES string of the molecule is CCC(C)c1nc(N(C)C2CCOCC2)sc1C(=O)O.